The van der Waals surface area contributed by atoms with Gasteiger partial charge in [0, 0.05) is 25.8 Å². The molecule has 0 spiro atoms. The number of aromatic nitrogens is 2. The van der Waals surface area contributed by atoms with E-state index in [2.05, 4.69) is 29.1 Å². The molecule has 0 aliphatic carbocycles. The van der Waals surface area contributed by atoms with Crippen molar-refractivity contribution >= 4 is 11.6 Å². The fourth-order valence-corrected chi connectivity index (χ4v) is 1.54. The molecule has 0 aliphatic rings. The predicted molar refractivity (Wildman–Crippen MR) is 65.5 cm³/mol. The molecule has 0 unspecified atom stereocenters. The maximum absolute atomic E-state index is 5.84. The highest BCUT2D eigenvalue weighted by Gasteiger charge is 2.11. The summed E-state index contributed by atoms with van der Waals surface area (Å²) in [5, 5.41) is 3.26. The molecule has 16 heavy (non-hydrogen) atoms. The van der Waals surface area contributed by atoms with Gasteiger partial charge in [0.25, 0.3) is 0 Å². The SMILES string of the molecule is COCCCNc1ncnc(N)c1C(C)C. The molecule has 0 aromatic carbocycles. The Labute approximate surface area is 96.4 Å². The molecule has 0 bridgehead atoms. The van der Waals surface area contributed by atoms with Gasteiger partial charge in [0.05, 0.1) is 0 Å². The van der Waals surface area contributed by atoms with Crippen molar-refractivity contribution in [3.8, 4) is 0 Å². The smallest absolute Gasteiger partial charge is 0.134 e. The molecule has 1 aromatic heterocycles. The van der Waals surface area contributed by atoms with E-state index in [9.17, 15) is 0 Å². The van der Waals surface area contributed by atoms with Gasteiger partial charge in [-0.1, -0.05) is 13.8 Å². The van der Waals surface area contributed by atoms with Crippen molar-refractivity contribution in [2.24, 2.45) is 0 Å². The van der Waals surface area contributed by atoms with E-state index in [0.717, 1.165) is 31.0 Å². The Balaban J connectivity index is 2.67. The van der Waals surface area contributed by atoms with Gasteiger partial charge in [-0.3, -0.25) is 0 Å². The molecular weight excluding hydrogens is 204 g/mol. The monoisotopic (exact) mass is 224 g/mol. The van der Waals surface area contributed by atoms with E-state index < -0.39 is 0 Å². The predicted octanol–water partition coefficient (Wildman–Crippen LogP) is 1.63. The van der Waals surface area contributed by atoms with Crippen LogP contribution in [0.2, 0.25) is 0 Å². The highest BCUT2D eigenvalue weighted by atomic mass is 16.5. The fraction of sp³-hybridized carbons (Fsp3) is 0.636. The standard InChI is InChI=1S/C11H20N4O/c1-8(2)9-10(12)14-7-15-11(9)13-5-4-6-16-3/h7-8H,4-6H2,1-3H3,(H3,12,13,14,15). The zero-order valence-electron chi connectivity index (χ0n) is 10.2. The number of nitrogen functional groups attached to an aromatic ring is 1. The lowest BCUT2D eigenvalue weighted by Gasteiger charge is -2.14. The van der Waals surface area contributed by atoms with Crippen LogP contribution < -0.4 is 11.1 Å². The zero-order chi connectivity index (χ0) is 12.0. The van der Waals surface area contributed by atoms with E-state index in [4.69, 9.17) is 10.5 Å². The van der Waals surface area contributed by atoms with Gasteiger partial charge in [0.2, 0.25) is 0 Å². The third-order valence-corrected chi connectivity index (χ3v) is 2.31. The van der Waals surface area contributed by atoms with Crippen LogP contribution in [0, 0.1) is 0 Å². The lowest BCUT2D eigenvalue weighted by atomic mass is 10.0. The largest absolute Gasteiger partial charge is 0.385 e. The molecule has 90 valence electrons. The van der Waals surface area contributed by atoms with Crippen LogP contribution in [0.4, 0.5) is 11.6 Å². The second-order valence-electron chi connectivity index (χ2n) is 3.95. The highest BCUT2D eigenvalue weighted by molar-refractivity contribution is 5.56. The molecule has 0 saturated heterocycles. The van der Waals surface area contributed by atoms with Crippen molar-refractivity contribution < 1.29 is 4.74 Å². The zero-order valence-corrected chi connectivity index (χ0v) is 10.2. The highest BCUT2D eigenvalue weighted by Crippen LogP contribution is 2.25. The van der Waals surface area contributed by atoms with Crippen molar-refractivity contribution in [1.29, 1.82) is 0 Å². The molecule has 1 heterocycles. The quantitative estimate of drug-likeness (QED) is 0.718. The van der Waals surface area contributed by atoms with Gasteiger partial charge >= 0.3 is 0 Å². The van der Waals surface area contributed by atoms with Crippen LogP contribution in [0.25, 0.3) is 0 Å². The minimum atomic E-state index is 0.311. The van der Waals surface area contributed by atoms with E-state index in [1.807, 2.05) is 0 Å². The third-order valence-electron chi connectivity index (χ3n) is 2.31. The third kappa shape index (κ3) is 3.34. The van der Waals surface area contributed by atoms with Crippen molar-refractivity contribution in [3.63, 3.8) is 0 Å². The van der Waals surface area contributed by atoms with Crippen molar-refractivity contribution in [2.75, 3.05) is 31.3 Å². The number of nitrogens with one attached hydrogen (secondary N) is 1. The summed E-state index contributed by atoms with van der Waals surface area (Å²) in [6.07, 6.45) is 2.43. The Bertz CT molecular complexity index is 328. The fourth-order valence-electron chi connectivity index (χ4n) is 1.54. The van der Waals surface area contributed by atoms with E-state index in [1.54, 1.807) is 7.11 Å². The lowest BCUT2D eigenvalue weighted by molar-refractivity contribution is 0.197. The second-order valence-corrected chi connectivity index (χ2v) is 3.95. The Kier molecular flexibility index (Phi) is 4.98. The summed E-state index contributed by atoms with van der Waals surface area (Å²) >= 11 is 0. The van der Waals surface area contributed by atoms with Crippen LogP contribution >= 0.6 is 0 Å². The first-order chi connectivity index (χ1) is 7.66. The van der Waals surface area contributed by atoms with Crippen molar-refractivity contribution in [2.45, 2.75) is 26.2 Å². The molecular formula is C11H20N4O. The number of nitrogens with zero attached hydrogens (tertiary/aromatic N) is 2. The average molecular weight is 224 g/mol. The van der Waals surface area contributed by atoms with E-state index >= 15 is 0 Å². The average Bonchev–Trinajstić information content (AvgIpc) is 2.24. The molecule has 5 heteroatoms. The van der Waals surface area contributed by atoms with Crippen LogP contribution in [-0.2, 0) is 4.74 Å². The summed E-state index contributed by atoms with van der Waals surface area (Å²) in [7, 11) is 1.70. The van der Waals surface area contributed by atoms with Crippen molar-refractivity contribution in [1.82, 2.24) is 9.97 Å². The summed E-state index contributed by atoms with van der Waals surface area (Å²) in [6.45, 7) is 5.72. The number of ether oxygens (including phenoxy) is 1. The van der Waals surface area contributed by atoms with E-state index in [1.165, 1.54) is 6.33 Å². The Morgan fingerprint density at radius 3 is 2.81 bits per heavy atom. The number of hydrogen-bond donors (Lipinski definition) is 2. The van der Waals surface area contributed by atoms with Gasteiger partial charge in [0.1, 0.15) is 18.0 Å². The summed E-state index contributed by atoms with van der Waals surface area (Å²) in [6, 6.07) is 0. The minimum Gasteiger partial charge on any atom is -0.385 e. The first-order valence-electron chi connectivity index (χ1n) is 5.50. The number of rotatable bonds is 6. The number of hydrogen-bond acceptors (Lipinski definition) is 5. The van der Waals surface area contributed by atoms with Gasteiger partial charge in [-0.2, -0.15) is 0 Å². The molecule has 0 saturated carbocycles. The molecule has 5 nitrogen and oxygen atoms in total. The van der Waals surface area contributed by atoms with Crippen LogP contribution in [0.15, 0.2) is 6.33 Å². The maximum Gasteiger partial charge on any atom is 0.134 e. The topological polar surface area (TPSA) is 73.1 Å². The van der Waals surface area contributed by atoms with Crippen LogP contribution in [0.1, 0.15) is 31.7 Å². The molecule has 1 aromatic rings. The van der Waals surface area contributed by atoms with Gasteiger partial charge in [-0.15, -0.1) is 0 Å². The molecule has 0 aliphatic heterocycles. The van der Waals surface area contributed by atoms with Gasteiger partial charge in [0.15, 0.2) is 0 Å². The summed E-state index contributed by atoms with van der Waals surface area (Å²) < 4.78 is 4.98. The van der Waals surface area contributed by atoms with Crippen molar-refractivity contribution in [3.05, 3.63) is 11.9 Å². The molecule has 1 rings (SSSR count). The first-order valence-corrected chi connectivity index (χ1v) is 5.50. The Hall–Kier alpha value is -1.36. The Morgan fingerprint density at radius 2 is 2.19 bits per heavy atom. The molecule has 3 N–H and O–H groups in total. The number of methoxy groups -OCH3 is 1. The van der Waals surface area contributed by atoms with E-state index in [0.29, 0.717) is 11.7 Å². The molecule has 0 fully saturated rings. The number of anilines is 2. The van der Waals surface area contributed by atoms with E-state index in [-0.39, 0.29) is 0 Å². The molecule has 0 radical (unpaired) electrons. The van der Waals surface area contributed by atoms with Crippen LogP contribution in [0.5, 0.6) is 0 Å². The number of nitrogens with two attached hydrogens (primary N) is 1. The minimum absolute atomic E-state index is 0.311. The van der Waals surface area contributed by atoms with Gasteiger partial charge in [-0.25, -0.2) is 9.97 Å². The first kappa shape index (κ1) is 12.7. The van der Waals surface area contributed by atoms with Crippen LogP contribution in [0.3, 0.4) is 0 Å². The molecule has 0 atom stereocenters. The maximum atomic E-state index is 5.84. The second kappa shape index (κ2) is 6.27. The molecule has 0 amide bonds. The van der Waals surface area contributed by atoms with Gasteiger partial charge in [-0.05, 0) is 12.3 Å². The summed E-state index contributed by atoms with van der Waals surface area (Å²) in [5.41, 5.74) is 6.82. The lowest BCUT2D eigenvalue weighted by Crippen LogP contribution is -2.11. The Morgan fingerprint density at radius 1 is 1.44 bits per heavy atom. The van der Waals surface area contributed by atoms with Crippen LogP contribution in [-0.4, -0.2) is 30.2 Å². The van der Waals surface area contributed by atoms with Gasteiger partial charge < -0.3 is 15.8 Å². The summed E-state index contributed by atoms with van der Waals surface area (Å²) in [5.74, 6) is 1.70. The normalized spacial score (nSPS) is 10.8. The summed E-state index contributed by atoms with van der Waals surface area (Å²) in [4.78, 5) is 8.22.